The maximum atomic E-state index is 6.00. The summed E-state index contributed by atoms with van der Waals surface area (Å²) in [5.41, 5.74) is 0.498. The van der Waals surface area contributed by atoms with E-state index in [1.165, 1.54) is 38.5 Å². The summed E-state index contributed by atoms with van der Waals surface area (Å²) in [6.07, 6.45) is 10.6. The summed E-state index contributed by atoms with van der Waals surface area (Å²) < 4.78 is 2.25. The van der Waals surface area contributed by atoms with Crippen LogP contribution in [-0.4, -0.2) is 14.8 Å². The van der Waals surface area contributed by atoms with Crippen LogP contribution in [0.1, 0.15) is 57.3 Å². The molecule has 4 fully saturated rings. The van der Waals surface area contributed by atoms with Crippen LogP contribution in [-0.2, 0) is 5.88 Å². The van der Waals surface area contributed by atoms with E-state index in [-0.39, 0.29) is 0 Å². The van der Waals surface area contributed by atoms with Crippen LogP contribution in [0.4, 0.5) is 0 Å². The number of aromatic nitrogens is 3. The quantitative estimate of drug-likeness (QED) is 0.788. The molecule has 0 saturated heterocycles. The average molecular weight is 280 g/mol. The van der Waals surface area contributed by atoms with Gasteiger partial charge < -0.3 is 4.57 Å². The van der Waals surface area contributed by atoms with Gasteiger partial charge in [0.25, 0.3) is 0 Å². The number of hydrogen-bond donors (Lipinski definition) is 0. The lowest BCUT2D eigenvalue weighted by molar-refractivity contribution is -0.0792. The molecule has 3 nitrogen and oxygen atoms in total. The molecule has 1 atom stereocenters. The third-order valence-corrected chi connectivity index (χ3v) is 6.39. The second-order valence-corrected chi connectivity index (χ2v) is 7.51. The van der Waals surface area contributed by atoms with Gasteiger partial charge in [0.05, 0.1) is 5.88 Å². The van der Waals surface area contributed by atoms with Crippen LogP contribution in [0.15, 0.2) is 6.33 Å². The molecule has 4 saturated carbocycles. The van der Waals surface area contributed by atoms with E-state index in [9.17, 15) is 0 Å². The molecule has 0 radical (unpaired) electrons. The number of rotatable bonds is 3. The molecule has 4 aliphatic carbocycles. The van der Waals surface area contributed by atoms with Crippen molar-refractivity contribution >= 4 is 11.6 Å². The molecule has 1 aromatic rings. The van der Waals surface area contributed by atoms with Crippen molar-refractivity contribution in [2.45, 2.75) is 57.4 Å². The van der Waals surface area contributed by atoms with Crippen LogP contribution in [0.25, 0.3) is 0 Å². The fraction of sp³-hybridized carbons (Fsp3) is 0.867. The van der Waals surface area contributed by atoms with Crippen LogP contribution < -0.4 is 0 Å². The van der Waals surface area contributed by atoms with Crippen molar-refractivity contribution in [2.75, 3.05) is 0 Å². The van der Waals surface area contributed by atoms with Gasteiger partial charge in [0.1, 0.15) is 12.2 Å². The molecular weight excluding hydrogens is 258 g/mol. The van der Waals surface area contributed by atoms with Gasteiger partial charge >= 0.3 is 0 Å². The number of halogens is 1. The van der Waals surface area contributed by atoms with E-state index in [2.05, 4.69) is 21.7 Å². The average Bonchev–Trinajstić information content (AvgIpc) is 2.84. The molecule has 0 spiro atoms. The molecule has 1 unspecified atom stereocenters. The first-order chi connectivity index (χ1) is 9.20. The fourth-order valence-corrected chi connectivity index (χ4v) is 5.86. The highest BCUT2D eigenvalue weighted by atomic mass is 35.5. The van der Waals surface area contributed by atoms with Crippen molar-refractivity contribution < 1.29 is 0 Å². The topological polar surface area (TPSA) is 30.7 Å². The molecule has 1 heterocycles. The monoisotopic (exact) mass is 279 g/mol. The first-order valence-corrected chi connectivity index (χ1v) is 8.18. The fourth-order valence-electron chi connectivity index (χ4n) is 5.67. The highest BCUT2D eigenvalue weighted by Gasteiger charge is 2.53. The van der Waals surface area contributed by atoms with Crippen molar-refractivity contribution in [3.05, 3.63) is 12.2 Å². The third kappa shape index (κ3) is 1.77. The predicted molar refractivity (Wildman–Crippen MR) is 74.9 cm³/mol. The smallest absolute Gasteiger partial charge is 0.148 e. The first kappa shape index (κ1) is 12.2. The number of alkyl halides is 1. The third-order valence-electron chi connectivity index (χ3n) is 6.16. The second-order valence-electron chi connectivity index (χ2n) is 7.24. The second kappa shape index (κ2) is 4.21. The van der Waals surface area contributed by atoms with Crippen LogP contribution in [0.2, 0.25) is 0 Å². The number of nitrogens with zero attached hydrogens (tertiary/aromatic N) is 3. The molecule has 4 heteroatoms. The van der Waals surface area contributed by atoms with Crippen molar-refractivity contribution in [3.8, 4) is 0 Å². The number of hydrogen-bond acceptors (Lipinski definition) is 2. The lowest BCUT2D eigenvalue weighted by Crippen LogP contribution is -2.49. The van der Waals surface area contributed by atoms with Crippen molar-refractivity contribution in [2.24, 2.45) is 23.2 Å². The molecule has 5 rings (SSSR count). The molecule has 0 aliphatic heterocycles. The van der Waals surface area contributed by atoms with E-state index in [1.54, 1.807) is 0 Å². The molecule has 19 heavy (non-hydrogen) atoms. The minimum atomic E-state index is 0.469. The lowest BCUT2D eigenvalue weighted by atomic mass is 9.48. The van der Waals surface area contributed by atoms with Gasteiger partial charge in [-0.2, -0.15) is 0 Å². The molecular formula is C15H22ClN3. The Morgan fingerprint density at radius 2 is 1.84 bits per heavy atom. The van der Waals surface area contributed by atoms with E-state index in [1.807, 2.05) is 6.33 Å². The van der Waals surface area contributed by atoms with Crippen molar-refractivity contribution in [1.29, 1.82) is 0 Å². The highest BCUT2D eigenvalue weighted by Crippen LogP contribution is 2.63. The van der Waals surface area contributed by atoms with Crippen LogP contribution in [0, 0.1) is 23.2 Å². The zero-order valence-corrected chi connectivity index (χ0v) is 12.3. The van der Waals surface area contributed by atoms with Crippen LogP contribution in [0.5, 0.6) is 0 Å². The SMILES string of the molecule is CC(n1cnnc1CCl)C12CC3CC(CC(C3)C1)C2. The van der Waals surface area contributed by atoms with Gasteiger partial charge in [-0.25, -0.2) is 0 Å². The first-order valence-electron chi connectivity index (χ1n) is 7.64. The zero-order valence-electron chi connectivity index (χ0n) is 11.6. The van der Waals surface area contributed by atoms with Gasteiger partial charge in [-0.1, -0.05) is 0 Å². The molecule has 0 N–H and O–H groups in total. The van der Waals surface area contributed by atoms with Crippen LogP contribution >= 0.6 is 11.6 Å². The van der Waals surface area contributed by atoms with Crippen LogP contribution in [0.3, 0.4) is 0 Å². The standard InChI is InChI=1S/C15H22ClN3/c1-10(19-9-17-18-14(19)8-16)15-5-11-2-12(6-15)4-13(3-11)7-15/h9-13H,2-8H2,1H3. The maximum Gasteiger partial charge on any atom is 0.148 e. The van der Waals surface area contributed by atoms with Crippen molar-refractivity contribution in [1.82, 2.24) is 14.8 Å². The molecule has 0 amide bonds. The molecule has 0 aromatic carbocycles. The van der Waals surface area contributed by atoms with Gasteiger partial charge in [-0.05, 0) is 68.6 Å². The Morgan fingerprint density at radius 1 is 1.26 bits per heavy atom. The van der Waals surface area contributed by atoms with Gasteiger partial charge in [0, 0.05) is 6.04 Å². The van der Waals surface area contributed by atoms with Crippen molar-refractivity contribution in [3.63, 3.8) is 0 Å². The van der Waals surface area contributed by atoms with Gasteiger partial charge in [-0.15, -0.1) is 21.8 Å². The summed E-state index contributed by atoms with van der Waals surface area (Å²) in [6, 6.07) is 0.504. The molecule has 4 aliphatic rings. The predicted octanol–water partition coefficient (Wildman–Crippen LogP) is 3.79. The largest absolute Gasteiger partial charge is 0.313 e. The lowest BCUT2D eigenvalue weighted by Gasteiger charge is -2.59. The molecule has 104 valence electrons. The van der Waals surface area contributed by atoms with E-state index in [4.69, 9.17) is 11.6 Å². The summed E-state index contributed by atoms with van der Waals surface area (Å²) in [5, 5.41) is 8.23. The minimum absolute atomic E-state index is 0.469. The maximum absolute atomic E-state index is 6.00. The Morgan fingerprint density at radius 3 is 2.37 bits per heavy atom. The Hall–Kier alpha value is -0.570. The normalized spacial score (nSPS) is 41.7. The van der Waals surface area contributed by atoms with Gasteiger partial charge in [-0.3, -0.25) is 0 Å². The van der Waals surface area contributed by atoms with E-state index >= 15 is 0 Å². The van der Waals surface area contributed by atoms with E-state index in [0.717, 1.165) is 23.6 Å². The van der Waals surface area contributed by atoms with E-state index < -0.39 is 0 Å². The summed E-state index contributed by atoms with van der Waals surface area (Å²) in [6.45, 7) is 2.37. The Labute approximate surface area is 119 Å². The van der Waals surface area contributed by atoms with Gasteiger partial charge in [0.15, 0.2) is 0 Å². The molecule has 4 bridgehead atoms. The summed E-state index contributed by atoms with van der Waals surface area (Å²) in [5.74, 6) is 4.38. The highest BCUT2D eigenvalue weighted by molar-refractivity contribution is 6.16. The van der Waals surface area contributed by atoms with E-state index in [0.29, 0.717) is 17.3 Å². The summed E-state index contributed by atoms with van der Waals surface area (Å²) in [7, 11) is 0. The zero-order chi connectivity index (χ0) is 13.0. The Kier molecular flexibility index (Phi) is 2.70. The Balaban J connectivity index is 1.68. The Bertz CT molecular complexity index is 446. The minimum Gasteiger partial charge on any atom is -0.313 e. The molecule has 1 aromatic heterocycles. The summed E-state index contributed by atoms with van der Waals surface area (Å²) >= 11 is 6.00. The summed E-state index contributed by atoms with van der Waals surface area (Å²) in [4.78, 5) is 0. The van der Waals surface area contributed by atoms with Gasteiger partial charge in [0.2, 0.25) is 0 Å².